The van der Waals surface area contributed by atoms with Gasteiger partial charge in [0.15, 0.2) is 22.8 Å². The van der Waals surface area contributed by atoms with E-state index in [0.717, 1.165) is 48.2 Å². The number of phosphoric acid groups is 3. The van der Waals surface area contributed by atoms with Crippen LogP contribution in [0.1, 0.15) is 78.4 Å². The van der Waals surface area contributed by atoms with E-state index in [4.69, 9.17) is 19.5 Å². The quantitative estimate of drug-likeness (QED) is 0.0327. The molecule has 62 heavy (non-hydrogen) atoms. The predicted octanol–water partition coefficient (Wildman–Crippen LogP) is 1.33. The van der Waals surface area contributed by atoms with Gasteiger partial charge in [-0.05, 0) is 25.7 Å². The number of imidazole rings is 1. The second kappa shape index (κ2) is 24.5. The van der Waals surface area contributed by atoms with Gasteiger partial charge in [0.2, 0.25) is 11.8 Å². The highest BCUT2D eigenvalue weighted by Gasteiger charge is 2.50. The van der Waals surface area contributed by atoms with E-state index in [0.29, 0.717) is 12.8 Å². The van der Waals surface area contributed by atoms with Crippen LogP contribution in [-0.2, 0) is 50.7 Å². The van der Waals surface area contributed by atoms with Crippen molar-refractivity contribution in [3.8, 4) is 0 Å². The van der Waals surface area contributed by atoms with Crippen LogP contribution in [0.4, 0.5) is 5.82 Å². The minimum absolute atomic E-state index is 0.00975. The molecule has 2 amide bonds. The Bertz CT molecular complexity index is 1970. The fourth-order valence-electron chi connectivity index (χ4n) is 5.68. The van der Waals surface area contributed by atoms with Crippen molar-refractivity contribution < 1.29 is 85.6 Å². The fourth-order valence-corrected chi connectivity index (χ4v) is 9.26. The SMILES string of the molecule is CCCCC/C=C\CC[C@H](O)CC(=O)SCCNC(=O)CCNC(=O)[C@H](O)C(C)(C)COP(=O)(O)OP(=O)(O)OC[C@H]1O[C@@H](n2cnc3c(N)ncnc32)[C@H](O)[C@@H]1OP(=O)(O)O. The Morgan fingerprint density at radius 2 is 1.71 bits per heavy atom. The molecule has 0 bridgehead atoms. The monoisotopic (exact) mass is 963 g/mol. The van der Waals surface area contributed by atoms with Crippen molar-refractivity contribution in [3.63, 3.8) is 0 Å². The fraction of sp³-hybridized carbons (Fsp3) is 0.697. The van der Waals surface area contributed by atoms with E-state index in [1.807, 2.05) is 6.08 Å². The molecule has 25 nitrogen and oxygen atoms in total. The van der Waals surface area contributed by atoms with E-state index in [1.165, 1.54) is 20.3 Å². The van der Waals surface area contributed by atoms with Gasteiger partial charge in [0.1, 0.15) is 36.3 Å². The summed E-state index contributed by atoms with van der Waals surface area (Å²) in [6, 6.07) is 0. The van der Waals surface area contributed by atoms with E-state index in [-0.39, 0.29) is 53.8 Å². The van der Waals surface area contributed by atoms with Crippen molar-refractivity contribution in [2.45, 2.75) is 109 Å². The number of phosphoric ester groups is 3. The number of thioether (sulfide) groups is 1. The summed E-state index contributed by atoms with van der Waals surface area (Å²) in [7, 11) is -16.4. The van der Waals surface area contributed by atoms with Gasteiger partial charge in [-0.2, -0.15) is 4.31 Å². The first-order valence-corrected chi connectivity index (χ1v) is 24.8. The lowest BCUT2D eigenvalue weighted by atomic mass is 9.87. The Kier molecular flexibility index (Phi) is 21.2. The molecule has 2 aromatic heterocycles. The Morgan fingerprint density at radius 1 is 1.02 bits per heavy atom. The van der Waals surface area contributed by atoms with Gasteiger partial charge in [-0.1, -0.05) is 57.5 Å². The maximum atomic E-state index is 12.7. The molecule has 1 fully saturated rings. The number of allylic oxidation sites excluding steroid dienone is 2. The molecule has 0 aromatic carbocycles. The van der Waals surface area contributed by atoms with Gasteiger partial charge in [0.25, 0.3) is 0 Å². The summed E-state index contributed by atoms with van der Waals surface area (Å²) in [4.78, 5) is 88.0. The number of nitrogen functional groups attached to an aromatic ring is 1. The summed E-state index contributed by atoms with van der Waals surface area (Å²) in [5.74, 6) is -1.25. The van der Waals surface area contributed by atoms with Gasteiger partial charge in [-0.25, -0.2) is 28.6 Å². The van der Waals surface area contributed by atoms with Gasteiger partial charge >= 0.3 is 23.5 Å². The maximum Gasteiger partial charge on any atom is 0.481 e. The highest BCUT2D eigenvalue weighted by Crippen LogP contribution is 2.61. The van der Waals surface area contributed by atoms with Crippen LogP contribution in [0, 0.1) is 5.41 Å². The molecule has 2 unspecified atom stereocenters. The normalized spacial score (nSPS) is 21.4. The predicted molar refractivity (Wildman–Crippen MR) is 220 cm³/mol. The van der Waals surface area contributed by atoms with Crippen molar-refractivity contribution in [1.29, 1.82) is 0 Å². The zero-order valence-electron chi connectivity index (χ0n) is 34.2. The minimum atomic E-state index is -5.58. The number of amides is 2. The van der Waals surface area contributed by atoms with Crippen LogP contribution in [0.5, 0.6) is 0 Å². The van der Waals surface area contributed by atoms with Crippen LogP contribution < -0.4 is 16.4 Å². The van der Waals surface area contributed by atoms with Crippen molar-refractivity contribution in [2.24, 2.45) is 5.41 Å². The van der Waals surface area contributed by atoms with Gasteiger partial charge < -0.3 is 56.0 Å². The van der Waals surface area contributed by atoms with Crippen molar-refractivity contribution >= 4 is 69.1 Å². The number of fused-ring (bicyclic) bond motifs is 1. The van der Waals surface area contributed by atoms with Crippen molar-refractivity contribution in [2.75, 3.05) is 37.8 Å². The Hall–Kier alpha value is -2.74. The van der Waals surface area contributed by atoms with Crippen LogP contribution in [-0.4, -0.2) is 134 Å². The number of nitrogens with two attached hydrogens (primary N) is 1. The molecule has 1 saturated heterocycles. The van der Waals surface area contributed by atoms with Crippen LogP contribution in [0.15, 0.2) is 24.8 Å². The largest absolute Gasteiger partial charge is 0.481 e. The summed E-state index contributed by atoms with van der Waals surface area (Å²) in [5, 5.41) is 36.3. The lowest BCUT2D eigenvalue weighted by molar-refractivity contribution is -0.137. The number of aromatic nitrogens is 4. The molecule has 3 heterocycles. The van der Waals surface area contributed by atoms with Gasteiger partial charge in [-0.15, -0.1) is 0 Å². The Balaban J connectivity index is 1.40. The number of anilines is 1. The molecule has 352 valence electrons. The third-order valence-electron chi connectivity index (χ3n) is 8.97. The Labute approximate surface area is 361 Å². The number of aliphatic hydroxyl groups is 3. The third-order valence-corrected chi connectivity index (χ3v) is 13.0. The molecule has 11 N–H and O–H groups in total. The second-order valence-corrected chi connectivity index (χ2v) is 20.1. The molecule has 0 saturated carbocycles. The molecule has 0 spiro atoms. The van der Waals surface area contributed by atoms with E-state index in [2.05, 4.69) is 47.4 Å². The zero-order valence-corrected chi connectivity index (χ0v) is 37.7. The lowest BCUT2D eigenvalue weighted by Crippen LogP contribution is -2.46. The molecule has 3 rings (SSSR count). The highest BCUT2D eigenvalue weighted by molar-refractivity contribution is 8.13. The standard InChI is InChI=1S/C33H56N7O18P3S/c1-4-5-6-7-8-9-10-11-21(41)16-24(43)62-15-14-35-23(42)12-13-36-31(46)28(45)33(2,3)18-55-61(52,53)58-60(50,51)54-17-22-27(57-59(47,48)49)26(44)32(56-22)40-20-39-25-29(34)37-19-38-30(25)40/h8-9,19-22,26-28,32,41,44-45H,4-7,10-18H2,1-3H3,(H,35,42)(H,36,46)(H,50,51)(H,52,53)(H2,34,37,38)(H2,47,48,49)/b9-8-/t21-,22+,26+,27+,28-,32+/m0/s1. The van der Waals surface area contributed by atoms with Gasteiger partial charge in [-0.3, -0.25) is 32.5 Å². The number of unbranched alkanes of at least 4 members (excludes halogenated alkanes) is 3. The van der Waals surface area contributed by atoms with E-state index < -0.39 is 90.7 Å². The first-order valence-electron chi connectivity index (χ1n) is 19.3. The van der Waals surface area contributed by atoms with Crippen LogP contribution in [0.3, 0.4) is 0 Å². The lowest BCUT2D eigenvalue weighted by Gasteiger charge is -2.30. The third kappa shape index (κ3) is 18.0. The number of nitrogens with zero attached hydrogens (tertiary/aromatic N) is 4. The van der Waals surface area contributed by atoms with Gasteiger partial charge in [0, 0.05) is 37.1 Å². The van der Waals surface area contributed by atoms with Crippen LogP contribution in [0.25, 0.3) is 11.2 Å². The summed E-state index contributed by atoms with van der Waals surface area (Å²) in [5.41, 5.74) is 4.24. The summed E-state index contributed by atoms with van der Waals surface area (Å²) < 4.78 is 62.2. The number of ether oxygens (including phenoxy) is 1. The van der Waals surface area contributed by atoms with Crippen LogP contribution in [0.2, 0.25) is 0 Å². The molecule has 1 aliphatic heterocycles. The topological polar surface area (TPSA) is 384 Å². The molecular formula is C33H56N7O18P3S. The molecule has 1 aliphatic rings. The number of aliphatic hydroxyl groups excluding tert-OH is 3. The number of hydrogen-bond acceptors (Lipinski definition) is 19. The van der Waals surface area contributed by atoms with Gasteiger partial charge in [0.05, 0.1) is 25.6 Å². The number of rotatable bonds is 28. The van der Waals surface area contributed by atoms with Crippen molar-refractivity contribution in [1.82, 2.24) is 30.2 Å². The van der Waals surface area contributed by atoms with Crippen molar-refractivity contribution in [3.05, 3.63) is 24.8 Å². The maximum absolute atomic E-state index is 12.7. The van der Waals surface area contributed by atoms with Crippen LogP contribution >= 0.6 is 35.2 Å². The molecule has 0 aliphatic carbocycles. The molecule has 0 radical (unpaired) electrons. The number of carbonyl (C=O) groups is 3. The van der Waals surface area contributed by atoms with E-state index >= 15 is 0 Å². The average molecular weight is 964 g/mol. The molecule has 29 heteroatoms. The van der Waals surface area contributed by atoms with E-state index in [1.54, 1.807) is 0 Å². The summed E-state index contributed by atoms with van der Waals surface area (Å²) >= 11 is 0.973. The molecular weight excluding hydrogens is 907 g/mol. The summed E-state index contributed by atoms with van der Waals surface area (Å²) in [6.07, 6.45) is 1.89. The van der Waals surface area contributed by atoms with E-state index in [9.17, 15) is 63.0 Å². The Morgan fingerprint density at radius 3 is 2.40 bits per heavy atom. The summed E-state index contributed by atoms with van der Waals surface area (Å²) in [6.45, 7) is 2.50. The number of nitrogens with one attached hydrogen (secondary N) is 2. The number of hydrogen-bond donors (Lipinski definition) is 10. The molecule has 8 atom stereocenters. The first kappa shape index (κ1) is 53.6. The minimum Gasteiger partial charge on any atom is -0.393 e. The first-order chi connectivity index (χ1) is 28.9. The second-order valence-electron chi connectivity index (χ2n) is 14.7. The zero-order chi connectivity index (χ0) is 46.3. The average Bonchev–Trinajstić information content (AvgIpc) is 3.74. The molecule has 2 aromatic rings. The smallest absolute Gasteiger partial charge is 0.393 e. The number of carbonyl (C=O) groups excluding carboxylic acids is 3. The highest BCUT2D eigenvalue weighted by atomic mass is 32.2.